The van der Waals surface area contributed by atoms with Gasteiger partial charge in [-0.25, -0.2) is 8.42 Å². The maximum absolute atomic E-state index is 13.0. The molecule has 11 heteroatoms. The quantitative estimate of drug-likeness (QED) is 0.266. The molecule has 32 heavy (non-hydrogen) atoms. The molecular formula is C21H21Cl2IN2O5S. The van der Waals surface area contributed by atoms with Crippen LogP contribution in [0.5, 0.6) is 0 Å². The minimum Gasteiger partial charge on any atom is -0.346 e. The first-order valence-electron chi connectivity index (χ1n) is 9.23. The van der Waals surface area contributed by atoms with Gasteiger partial charge in [-0.15, -0.1) is 0 Å². The summed E-state index contributed by atoms with van der Waals surface area (Å²) in [6.07, 6.45) is 1.09. The lowest BCUT2D eigenvalue weighted by molar-refractivity contribution is 0.0909. The van der Waals surface area contributed by atoms with E-state index in [0.717, 1.165) is 6.26 Å². The molecule has 0 spiro atoms. The lowest BCUT2D eigenvalue weighted by atomic mass is 10.0. The molecule has 2 N–H and O–H groups in total. The number of nitrogens with one attached hydrogen (secondary N) is 2. The number of alkyl halides is 2. The summed E-state index contributed by atoms with van der Waals surface area (Å²) < 4.78 is 23.8. The van der Waals surface area contributed by atoms with Crippen molar-refractivity contribution in [2.75, 3.05) is 17.3 Å². The summed E-state index contributed by atoms with van der Waals surface area (Å²) in [5.41, 5.74) is -0.102. The Hall–Kier alpha value is -1.69. The average molecular weight is 611 g/mol. The molecule has 0 saturated carbocycles. The number of carbonyl (C=O) groups excluding carboxylic acids is 3. The van der Waals surface area contributed by atoms with Crippen molar-refractivity contribution in [2.24, 2.45) is 0 Å². The van der Waals surface area contributed by atoms with Crippen molar-refractivity contribution in [1.29, 1.82) is 0 Å². The Morgan fingerprint density at radius 2 is 1.62 bits per heavy atom. The van der Waals surface area contributed by atoms with Gasteiger partial charge in [-0.05, 0) is 72.8 Å². The number of amides is 2. The standard InChI is InChI=1S/C21H21Cl2IN2O5S/c1-21(2,11-32(3,30)31)26-20(29)16-14(5-4-6-15(16)24)19(28)25-13-9-7-12(8-10-13)17(27)18(22)23/h4-10,18H,11H2,1-3H3,(H,25,28)(H,26,29). The fraction of sp³-hybridized carbons (Fsp3) is 0.286. The number of halogens is 3. The van der Waals surface area contributed by atoms with Crippen LogP contribution in [-0.4, -0.2) is 48.4 Å². The molecule has 0 aliphatic rings. The number of Topliss-reactive ketones (excluding diaryl/α,β-unsaturated/α-hetero) is 1. The van der Waals surface area contributed by atoms with Crippen molar-refractivity contribution in [3.05, 3.63) is 62.7 Å². The highest BCUT2D eigenvalue weighted by atomic mass is 127. The summed E-state index contributed by atoms with van der Waals surface area (Å²) in [5, 5.41) is 5.38. The predicted octanol–water partition coefficient (Wildman–Crippen LogP) is 4.08. The van der Waals surface area contributed by atoms with Gasteiger partial charge in [-0.3, -0.25) is 14.4 Å². The summed E-state index contributed by atoms with van der Waals surface area (Å²) >= 11 is 13.1. The van der Waals surface area contributed by atoms with Crippen molar-refractivity contribution in [3.8, 4) is 0 Å². The second-order valence-corrected chi connectivity index (χ2v) is 12.2. The smallest absolute Gasteiger partial charge is 0.256 e. The van der Waals surface area contributed by atoms with Gasteiger partial charge in [0.25, 0.3) is 11.8 Å². The highest BCUT2D eigenvalue weighted by Gasteiger charge is 2.29. The average Bonchev–Trinajstić information content (AvgIpc) is 2.65. The minimum atomic E-state index is -3.34. The topological polar surface area (TPSA) is 109 Å². The molecule has 172 valence electrons. The third-order valence-corrected chi connectivity index (χ3v) is 6.73. The zero-order valence-electron chi connectivity index (χ0n) is 17.4. The molecule has 0 aromatic heterocycles. The Balaban J connectivity index is 2.27. The largest absolute Gasteiger partial charge is 0.346 e. The molecule has 0 saturated heterocycles. The van der Waals surface area contributed by atoms with Crippen LogP contribution >= 0.6 is 45.8 Å². The van der Waals surface area contributed by atoms with Crippen LogP contribution in [0.4, 0.5) is 5.69 Å². The molecule has 0 heterocycles. The molecule has 0 unspecified atom stereocenters. The normalized spacial score (nSPS) is 11.8. The number of hydrogen-bond acceptors (Lipinski definition) is 5. The van der Waals surface area contributed by atoms with Gasteiger partial charge in [0.1, 0.15) is 9.84 Å². The highest BCUT2D eigenvalue weighted by Crippen LogP contribution is 2.21. The first kappa shape index (κ1) is 26.6. The van der Waals surface area contributed by atoms with E-state index in [1.807, 2.05) is 22.6 Å². The van der Waals surface area contributed by atoms with Crippen LogP contribution in [0.1, 0.15) is 44.9 Å². The number of hydrogen-bond donors (Lipinski definition) is 2. The summed E-state index contributed by atoms with van der Waals surface area (Å²) in [6, 6.07) is 10.8. The van der Waals surface area contributed by atoms with Gasteiger partial charge in [-0.1, -0.05) is 29.3 Å². The van der Waals surface area contributed by atoms with Crippen molar-refractivity contribution >= 4 is 78.9 Å². The van der Waals surface area contributed by atoms with E-state index in [1.54, 1.807) is 26.0 Å². The van der Waals surface area contributed by atoms with Crippen molar-refractivity contribution in [2.45, 2.75) is 24.2 Å². The van der Waals surface area contributed by atoms with E-state index in [4.69, 9.17) is 23.2 Å². The molecule has 0 aliphatic heterocycles. The lowest BCUT2D eigenvalue weighted by Crippen LogP contribution is -2.48. The van der Waals surface area contributed by atoms with Gasteiger partial charge in [0.15, 0.2) is 10.6 Å². The minimum absolute atomic E-state index is 0.117. The van der Waals surface area contributed by atoms with E-state index < -0.39 is 37.8 Å². The third-order valence-electron chi connectivity index (χ3n) is 4.19. The molecule has 0 radical (unpaired) electrons. The van der Waals surface area contributed by atoms with Crippen molar-refractivity contribution < 1.29 is 22.8 Å². The molecule has 7 nitrogen and oxygen atoms in total. The molecule has 2 rings (SSSR count). The molecule has 2 aromatic rings. The number of sulfone groups is 1. The second kappa shape index (κ2) is 10.5. The molecule has 0 fully saturated rings. The maximum Gasteiger partial charge on any atom is 0.256 e. The van der Waals surface area contributed by atoms with E-state index in [2.05, 4.69) is 10.6 Å². The van der Waals surface area contributed by atoms with Gasteiger partial charge >= 0.3 is 0 Å². The zero-order valence-corrected chi connectivity index (χ0v) is 21.9. The number of rotatable bonds is 8. The summed E-state index contributed by atoms with van der Waals surface area (Å²) in [6.45, 7) is 3.19. The van der Waals surface area contributed by atoms with Gasteiger partial charge in [0.05, 0.1) is 16.9 Å². The third kappa shape index (κ3) is 7.43. The van der Waals surface area contributed by atoms with Crippen LogP contribution in [0.3, 0.4) is 0 Å². The zero-order chi connectivity index (χ0) is 24.3. The summed E-state index contributed by atoms with van der Waals surface area (Å²) in [4.78, 5) is 36.5. The fourth-order valence-corrected chi connectivity index (χ4v) is 5.43. The van der Waals surface area contributed by atoms with Gasteiger partial charge in [0, 0.05) is 26.6 Å². The number of ketones is 1. The molecule has 0 atom stereocenters. The molecule has 0 aliphatic carbocycles. The van der Waals surface area contributed by atoms with Crippen molar-refractivity contribution in [1.82, 2.24) is 5.32 Å². The van der Waals surface area contributed by atoms with Crippen LogP contribution < -0.4 is 10.6 Å². The van der Waals surface area contributed by atoms with E-state index in [-0.39, 0.29) is 16.9 Å². The van der Waals surface area contributed by atoms with Crippen molar-refractivity contribution in [3.63, 3.8) is 0 Å². The highest BCUT2D eigenvalue weighted by molar-refractivity contribution is 14.1. The fourth-order valence-electron chi connectivity index (χ4n) is 3.05. The molecule has 2 aromatic carbocycles. The Bertz CT molecular complexity index is 1150. The predicted molar refractivity (Wildman–Crippen MR) is 135 cm³/mol. The lowest BCUT2D eigenvalue weighted by Gasteiger charge is -2.26. The Morgan fingerprint density at radius 3 is 2.16 bits per heavy atom. The monoisotopic (exact) mass is 610 g/mol. The molecular weight excluding hydrogens is 590 g/mol. The van der Waals surface area contributed by atoms with Crippen LogP contribution in [-0.2, 0) is 9.84 Å². The summed E-state index contributed by atoms with van der Waals surface area (Å²) in [7, 11) is -3.34. The Kier molecular flexibility index (Phi) is 8.71. The van der Waals surface area contributed by atoms with Crippen LogP contribution in [0.15, 0.2) is 42.5 Å². The number of carbonyl (C=O) groups is 3. The van der Waals surface area contributed by atoms with Gasteiger partial charge in [0.2, 0.25) is 0 Å². The summed E-state index contributed by atoms with van der Waals surface area (Å²) in [5.74, 6) is -1.82. The van der Waals surface area contributed by atoms with Crippen LogP contribution in [0.25, 0.3) is 0 Å². The molecule has 2 amide bonds. The first-order chi connectivity index (χ1) is 14.7. The molecule has 0 bridgehead atoms. The number of anilines is 1. The van der Waals surface area contributed by atoms with Crippen LogP contribution in [0.2, 0.25) is 0 Å². The first-order valence-corrected chi connectivity index (χ1v) is 13.2. The van der Waals surface area contributed by atoms with E-state index >= 15 is 0 Å². The SMILES string of the molecule is CC(C)(CS(C)(=O)=O)NC(=O)c1c(I)cccc1C(=O)Nc1ccc(C(=O)C(Cl)Cl)cc1. The van der Waals surface area contributed by atoms with E-state index in [9.17, 15) is 22.8 Å². The van der Waals surface area contributed by atoms with E-state index in [0.29, 0.717) is 14.8 Å². The van der Waals surface area contributed by atoms with Gasteiger partial charge < -0.3 is 10.6 Å². The van der Waals surface area contributed by atoms with Crippen LogP contribution in [0, 0.1) is 3.57 Å². The Morgan fingerprint density at radius 1 is 1.03 bits per heavy atom. The second-order valence-electron chi connectivity index (χ2n) is 7.77. The maximum atomic E-state index is 13.0. The van der Waals surface area contributed by atoms with E-state index in [1.165, 1.54) is 30.3 Å². The van der Waals surface area contributed by atoms with Gasteiger partial charge in [-0.2, -0.15) is 0 Å². The Labute approximate surface area is 210 Å². The number of benzene rings is 2.